The van der Waals surface area contributed by atoms with Crippen molar-refractivity contribution in [2.24, 2.45) is 5.73 Å². The van der Waals surface area contributed by atoms with E-state index in [0.717, 1.165) is 12.8 Å². The van der Waals surface area contributed by atoms with Crippen molar-refractivity contribution in [3.63, 3.8) is 0 Å². The summed E-state index contributed by atoms with van der Waals surface area (Å²) in [6, 6.07) is -1.14. The van der Waals surface area contributed by atoms with Gasteiger partial charge in [0.25, 0.3) is 0 Å². The molecule has 0 aromatic rings. The number of nitrogens with zero attached hydrogens (tertiary/aromatic N) is 1. The maximum atomic E-state index is 12.2. The van der Waals surface area contributed by atoms with Gasteiger partial charge in [0, 0.05) is 24.5 Å². The topological polar surface area (TPSA) is 98.9 Å². The van der Waals surface area contributed by atoms with E-state index in [1.807, 2.05) is 13.8 Å². The number of imide groups is 1. The van der Waals surface area contributed by atoms with Crippen molar-refractivity contribution in [1.29, 1.82) is 0 Å². The summed E-state index contributed by atoms with van der Waals surface area (Å²) < 4.78 is 11.2. The van der Waals surface area contributed by atoms with Gasteiger partial charge in [-0.05, 0) is 32.3 Å². The highest BCUT2D eigenvalue weighted by molar-refractivity contribution is 6.02. The average molecular weight is 352 g/mol. The van der Waals surface area contributed by atoms with E-state index in [1.165, 1.54) is 4.90 Å². The molecule has 25 heavy (non-hydrogen) atoms. The van der Waals surface area contributed by atoms with Gasteiger partial charge in [-0.2, -0.15) is 0 Å². The van der Waals surface area contributed by atoms with Gasteiger partial charge in [-0.15, -0.1) is 0 Å². The molecule has 1 aliphatic heterocycles. The number of nitrogens with two attached hydrogens (primary N) is 1. The number of rotatable bonds is 7. The fourth-order valence-electron chi connectivity index (χ4n) is 3.45. The van der Waals surface area contributed by atoms with Crippen LogP contribution >= 0.6 is 0 Å². The number of ether oxygens (including phenoxy) is 2. The highest BCUT2D eigenvalue weighted by Gasteiger charge is 2.45. The molecule has 2 aliphatic rings. The zero-order chi connectivity index (χ0) is 18.6. The number of likely N-dealkylation sites (tertiary alicyclic amines) is 1. The molecular weight excluding hydrogens is 324 g/mol. The molecule has 3 atom stereocenters. The molecule has 0 unspecified atom stereocenters. The molecule has 1 aliphatic carbocycles. The first-order valence-corrected chi connectivity index (χ1v) is 9.06. The van der Waals surface area contributed by atoms with Crippen molar-refractivity contribution in [3.8, 4) is 0 Å². The lowest BCUT2D eigenvalue weighted by atomic mass is 9.87. The second-order valence-corrected chi connectivity index (χ2v) is 6.47. The lowest BCUT2D eigenvalue weighted by Crippen LogP contribution is -2.59. The fourth-order valence-corrected chi connectivity index (χ4v) is 3.45. The van der Waals surface area contributed by atoms with Gasteiger partial charge in [-0.1, -0.05) is 13.8 Å². The number of hydrogen-bond donors (Lipinski definition) is 1. The molecule has 140 valence electrons. The third-order valence-corrected chi connectivity index (χ3v) is 4.78. The standard InChI is InChI=1S/C18H28N2O5/c1-4-12(5-2)25-14-10-11(18(23)24-6-3)9-13(19)17(14)20-15(21)7-8-16(20)22/h10,12-14,17H,4-9,19H2,1-3H3/t13-,14+,17+/m0/s1. The second kappa shape index (κ2) is 8.58. The predicted octanol–water partition coefficient (Wildman–Crippen LogP) is 1.30. The summed E-state index contributed by atoms with van der Waals surface area (Å²) in [5.41, 5.74) is 6.73. The maximum absolute atomic E-state index is 12.2. The van der Waals surface area contributed by atoms with Crippen LogP contribution in [0.25, 0.3) is 0 Å². The zero-order valence-electron chi connectivity index (χ0n) is 15.2. The Hall–Kier alpha value is -1.73. The zero-order valence-corrected chi connectivity index (χ0v) is 15.2. The van der Waals surface area contributed by atoms with Crippen molar-refractivity contribution in [2.75, 3.05) is 6.61 Å². The highest BCUT2D eigenvalue weighted by atomic mass is 16.5. The van der Waals surface area contributed by atoms with E-state index in [9.17, 15) is 14.4 Å². The molecule has 0 saturated carbocycles. The van der Waals surface area contributed by atoms with Crippen LogP contribution in [0.4, 0.5) is 0 Å². The number of esters is 1. The number of hydrogen-bond acceptors (Lipinski definition) is 6. The van der Waals surface area contributed by atoms with Gasteiger partial charge in [-0.25, -0.2) is 4.79 Å². The summed E-state index contributed by atoms with van der Waals surface area (Å²) in [6.45, 7) is 6.03. The minimum absolute atomic E-state index is 0.0368. The molecule has 1 saturated heterocycles. The van der Waals surface area contributed by atoms with Crippen LogP contribution in [0.3, 0.4) is 0 Å². The van der Waals surface area contributed by atoms with Crippen LogP contribution in [-0.2, 0) is 23.9 Å². The quantitative estimate of drug-likeness (QED) is 0.548. The summed E-state index contributed by atoms with van der Waals surface area (Å²) in [5, 5.41) is 0. The van der Waals surface area contributed by atoms with Crippen LogP contribution in [0.5, 0.6) is 0 Å². The van der Waals surface area contributed by atoms with Crippen molar-refractivity contribution >= 4 is 17.8 Å². The maximum Gasteiger partial charge on any atom is 0.333 e. The van der Waals surface area contributed by atoms with Gasteiger partial charge in [0.05, 0.1) is 24.9 Å². The van der Waals surface area contributed by atoms with Crippen LogP contribution in [0.15, 0.2) is 11.6 Å². The molecule has 2 N–H and O–H groups in total. The number of amides is 2. The molecule has 0 spiro atoms. The molecule has 7 heteroatoms. The van der Waals surface area contributed by atoms with Crippen molar-refractivity contribution in [3.05, 3.63) is 11.6 Å². The Labute approximate surface area is 148 Å². The van der Waals surface area contributed by atoms with Crippen LogP contribution in [-0.4, -0.2) is 53.6 Å². The van der Waals surface area contributed by atoms with E-state index < -0.39 is 24.2 Å². The van der Waals surface area contributed by atoms with Gasteiger partial charge in [0.15, 0.2) is 0 Å². The largest absolute Gasteiger partial charge is 0.463 e. The molecule has 0 aromatic carbocycles. The molecule has 2 rings (SSSR count). The molecule has 0 radical (unpaired) electrons. The van der Waals surface area contributed by atoms with Crippen molar-refractivity contribution in [1.82, 2.24) is 4.90 Å². The minimum atomic E-state index is -0.598. The first-order chi connectivity index (χ1) is 11.9. The monoisotopic (exact) mass is 352 g/mol. The Morgan fingerprint density at radius 1 is 1.24 bits per heavy atom. The SMILES string of the molecule is CCOC(=O)C1=C[C@@H](OC(CC)CC)[C@H](N2C(=O)CCC2=O)[C@@H](N)C1. The molecule has 1 fully saturated rings. The van der Waals surface area contributed by atoms with E-state index in [4.69, 9.17) is 15.2 Å². The van der Waals surface area contributed by atoms with Gasteiger partial charge in [-0.3, -0.25) is 14.5 Å². The van der Waals surface area contributed by atoms with E-state index in [-0.39, 0.29) is 43.8 Å². The van der Waals surface area contributed by atoms with E-state index in [0.29, 0.717) is 5.57 Å². The van der Waals surface area contributed by atoms with Crippen LogP contribution in [0.2, 0.25) is 0 Å². The summed E-state index contributed by atoms with van der Waals surface area (Å²) >= 11 is 0. The first-order valence-electron chi connectivity index (χ1n) is 9.06. The Morgan fingerprint density at radius 3 is 2.36 bits per heavy atom. The van der Waals surface area contributed by atoms with E-state index in [1.54, 1.807) is 13.0 Å². The van der Waals surface area contributed by atoms with Gasteiger partial charge < -0.3 is 15.2 Å². The molecule has 0 aromatic heterocycles. The number of carbonyl (C=O) groups is 3. The smallest absolute Gasteiger partial charge is 0.333 e. The Balaban J connectivity index is 2.33. The highest BCUT2D eigenvalue weighted by Crippen LogP contribution is 2.30. The summed E-state index contributed by atoms with van der Waals surface area (Å²) in [6.07, 6.45) is 3.29. The molecule has 2 amide bonds. The van der Waals surface area contributed by atoms with Crippen molar-refractivity contribution < 1.29 is 23.9 Å². The first kappa shape index (κ1) is 19.6. The number of carbonyl (C=O) groups excluding carboxylic acids is 3. The Morgan fingerprint density at radius 2 is 1.84 bits per heavy atom. The molecule has 1 heterocycles. The molecule has 7 nitrogen and oxygen atoms in total. The fraction of sp³-hybridized carbons (Fsp3) is 0.722. The van der Waals surface area contributed by atoms with E-state index in [2.05, 4.69) is 0 Å². The molecular formula is C18H28N2O5. The Kier molecular flexibility index (Phi) is 6.72. The third kappa shape index (κ3) is 4.27. The van der Waals surface area contributed by atoms with Crippen LogP contribution in [0, 0.1) is 0 Å². The van der Waals surface area contributed by atoms with Crippen LogP contribution < -0.4 is 5.73 Å². The normalized spacial score (nSPS) is 27.0. The lowest BCUT2D eigenvalue weighted by molar-refractivity contribution is -0.147. The average Bonchev–Trinajstić information content (AvgIpc) is 2.91. The minimum Gasteiger partial charge on any atom is -0.463 e. The Bertz CT molecular complexity index is 540. The van der Waals surface area contributed by atoms with Gasteiger partial charge >= 0.3 is 5.97 Å². The lowest BCUT2D eigenvalue weighted by Gasteiger charge is -2.40. The second-order valence-electron chi connectivity index (χ2n) is 6.47. The van der Waals surface area contributed by atoms with Gasteiger partial charge in [0.1, 0.15) is 0 Å². The summed E-state index contributed by atoms with van der Waals surface area (Å²) in [7, 11) is 0. The predicted molar refractivity (Wildman–Crippen MR) is 91.4 cm³/mol. The summed E-state index contributed by atoms with van der Waals surface area (Å²) in [5.74, 6) is -0.873. The van der Waals surface area contributed by atoms with Crippen molar-refractivity contribution in [2.45, 2.75) is 77.2 Å². The third-order valence-electron chi connectivity index (χ3n) is 4.78. The van der Waals surface area contributed by atoms with E-state index >= 15 is 0 Å². The summed E-state index contributed by atoms with van der Waals surface area (Å²) in [4.78, 5) is 37.8. The molecule has 0 bridgehead atoms. The van der Waals surface area contributed by atoms with Gasteiger partial charge in [0.2, 0.25) is 11.8 Å². The van der Waals surface area contributed by atoms with Crippen LogP contribution in [0.1, 0.15) is 52.9 Å².